The minimum Gasteiger partial charge on any atom is -0.460 e. The van der Waals surface area contributed by atoms with Gasteiger partial charge in [-0.05, 0) is 25.1 Å². The molecule has 3 rings (SSSR count). The zero-order chi connectivity index (χ0) is 18.7. The fourth-order valence-electron chi connectivity index (χ4n) is 2.52. The van der Waals surface area contributed by atoms with Crippen molar-refractivity contribution >= 4 is 22.6 Å². The highest BCUT2D eigenvalue weighted by molar-refractivity contribution is 5.90. The van der Waals surface area contributed by atoms with Gasteiger partial charge in [0.05, 0.1) is 34.3 Å². The monoisotopic (exact) mass is 353 g/mol. The van der Waals surface area contributed by atoms with Gasteiger partial charge in [-0.15, -0.1) is 0 Å². The number of hydrogen-bond acceptors (Lipinski definition) is 6. The highest BCUT2D eigenvalue weighted by atomic mass is 16.6. The standard InChI is InChI=1S/C18H15N3O5/c1-12-6-7-13(10-16(12)21(24)25)18(23)26-9-8-20-11-19-15-5-3-2-4-14(15)17(20)22/h2-7,10-11H,8-9H2,1H3. The van der Waals surface area contributed by atoms with Gasteiger partial charge < -0.3 is 4.74 Å². The molecule has 1 heterocycles. The molecule has 0 unspecified atom stereocenters. The normalized spacial score (nSPS) is 10.7. The summed E-state index contributed by atoms with van der Waals surface area (Å²) in [4.78, 5) is 39.0. The molecule has 0 aliphatic heterocycles. The molecule has 0 N–H and O–H groups in total. The van der Waals surface area contributed by atoms with Crippen molar-refractivity contribution in [2.45, 2.75) is 13.5 Å². The Morgan fingerprint density at radius 2 is 2.04 bits per heavy atom. The summed E-state index contributed by atoms with van der Waals surface area (Å²) in [6.07, 6.45) is 1.40. The third-order valence-corrected chi connectivity index (χ3v) is 3.94. The Hall–Kier alpha value is -3.55. The van der Waals surface area contributed by atoms with E-state index in [1.54, 1.807) is 31.2 Å². The zero-order valence-corrected chi connectivity index (χ0v) is 13.9. The SMILES string of the molecule is Cc1ccc(C(=O)OCCn2cnc3ccccc3c2=O)cc1[N+](=O)[O-]. The largest absolute Gasteiger partial charge is 0.460 e. The number of nitro benzene ring substituents is 1. The van der Waals surface area contributed by atoms with E-state index in [1.165, 1.54) is 29.1 Å². The smallest absolute Gasteiger partial charge is 0.338 e. The highest BCUT2D eigenvalue weighted by Crippen LogP contribution is 2.19. The molecule has 0 aliphatic carbocycles. The number of aromatic nitrogens is 2. The van der Waals surface area contributed by atoms with Crippen LogP contribution in [0.5, 0.6) is 0 Å². The summed E-state index contributed by atoms with van der Waals surface area (Å²) in [7, 11) is 0. The van der Waals surface area contributed by atoms with Crippen LogP contribution in [0.25, 0.3) is 10.9 Å². The predicted octanol–water partition coefficient (Wildman–Crippen LogP) is 2.47. The van der Waals surface area contributed by atoms with Gasteiger partial charge >= 0.3 is 5.97 Å². The van der Waals surface area contributed by atoms with Crippen molar-refractivity contribution in [1.82, 2.24) is 9.55 Å². The number of para-hydroxylation sites is 1. The molecule has 1 aromatic heterocycles. The Bertz CT molecular complexity index is 1060. The van der Waals surface area contributed by atoms with Gasteiger partial charge in [0.25, 0.3) is 11.2 Å². The van der Waals surface area contributed by atoms with E-state index in [-0.39, 0.29) is 30.0 Å². The van der Waals surface area contributed by atoms with Gasteiger partial charge in [0.2, 0.25) is 0 Å². The minimum absolute atomic E-state index is 0.0551. The molecule has 0 saturated heterocycles. The second kappa shape index (κ2) is 7.14. The summed E-state index contributed by atoms with van der Waals surface area (Å²) in [6, 6.07) is 11.1. The van der Waals surface area contributed by atoms with E-state index in [1.807, 2.05) is 0 Å². The second-order valence-corrected chi connectivity index (χ2v) is 5.65. The lowest BCUT2D eigenvalue weighted by Gasteiger charge is -2.08. The van der Waals surface area contributed by atoms with Gasteiger partial charge in [0.1, 0.15) is 6.61 Å². The van der Waals surface area contributed by atoms with E-state index in [0.717, 1.165) is 0 Å². The van der Waals surface area contributed by atoms with E-state index in [0.29, 0.717) is 16.5 Å². The number of benzene rings is 2. The molecule has 0 bridgehead atoms. The van der Waals surface area contributed by atoms with E-state index < -0.39 is 10.9 Å². The quantitative estimate of drug-likeness (QED) is 0.396. The lowest BCUT2D eigenvalue weighted by atomic mass is 10.1. The molecule has 8 nitrogen and oxygen atoms in total. The lowest BCUT2D eigenvalue weighted by Crippen LogP contribution is -2.23. The first-order valence-electron chi connectivity index (χ1n) is 7.84. The molecule has 0 spiro atoms. The van der Waals surface area contributed by atoms with Crippen LogP contribution in [0.15, 0.2) is 53.6 Å². The van der Waals surface area contributed by atoms with Crippen LogP contribution in [-0.2, 0) is 11.3 Å². The van der Waals surface area contributed by atoms with Gasteiger partial charge in [0, 0.05) is 11.6 Å². The van der Waals surface area contributed by atoms with Crippen LogP contribution >= 0.6 is 0 Å². The van der Waals surface area contributed by atoms with Crippen molar-refractivity contribution in [2.75, 3.05) is 6.61 Å². The fourth-order valence-corrected chi connectivity index (χ4v) is 2.52. The van der Waals surface area contributed by atoms with Gasteiger partial charge in [-0.2, -0.15) is 0 Å². The van der Waals surface area contributed by atoms with Crippen molar-refractivity contribution in [3.05, 3.63) is 80.4 Å². The Morgan fingerprint density at radius 3 is 2.81 bits per heavy atom. The number of carbonyl (C=O) groups excluding carboxylic acids is 1. The number of rotatable bonds is 5. The van der Waals surface area contributed by atoms with Crippen LogP contribution in [0, 0.1) is 17.0 Å². The average molecular weight is 353 g/mol. The fraction of sp³-hybridized carbons (Fsp3) is 0.167. The molecule has 26 heavy (non-hydrogen) atoms. The first-order chi connectivity index (χ1) is 12.5. The van der Waals surface area contributed by atoms with Crippen molar-refractivity contribution in [3.8, 4) is 0 Å². The van der Waals surface area contributed by atoms with Crippen LogP contribution in [0.2, 0.25) is 0 Å². The summed E-state index contributed by atoms with van der Waals surface area (Å²) in [6.45, 7) is 1.67. The molecular weight excluding hydrogens is 338 g/mol. The molecule has 0 fully saturated rings. The van der Waals surface area contributed by atoms with Crippen LogP contribution < -0.4 is 5.56 Å². The van der Waals surface area contributed by atoms with Crippen LogP contribution in [0.1, 0.15) is 15.9 Å². The number of nitro groups is 1. The van der Waals surface area contributed by atoms with Crippen molar-refractivity contribution in [1.29, 1.82) is 0 Å². The average Bonchev–Trinajstić information content (AvgIpc) is 2.64. The topological polar surface area (TPSA) is 104 Å². The van der Waals surface area contributed by atoms with Crippen LogP contribution in [0.4, 0.5) is 5.69 Å². The summed E-state index contributed by atoms with van der Waals surface area (Å²) < 4.78 is 6.48. The van der Waals surface area contributed by atoms with E-state index in [4.69, 9.17) is 4.74 Å². The first kappa shape index (κ1) is 17.3. The molecule has 8 heteroatoms. The second-order valence-electron chi connectivity index (χ2n) is 5.65. The molecule has 0 amide bonds. The third kappa shape index (κ3) is 3.44. The molecule has 0 saturated carbocycles. The Kier molecular flexibility index (Phi) is 4.74. The Labute approximate surface area is 147 Å². The van der Waals surface area contributed by atoms with Crippen molar-refractivity contribution in [2.24, 2.45) is 0 Å². The highest BCUT2D eigenvalue weighted by Gasteiger charge is 2.16. The van der Waals surface area contributed by atoms with Crippen molar-refractivity contribution < 1.29 is 14.5 Å². The van der Waals surface area contributed by atoms with E-state index in [9.17, 15) is 19.7 Å². The maximum Gasteiger partial charge on any atom is 0.338 e. The number of aryl methyl sites for hydroxylation is 1. The number of hydrogen-bond donors (Lipinski definition) is 0. The summed E-state index contributed by atoms with van der Waals surface area (Å²) in [5.41, 5.74) is 0.774. The zero-order valence-electron chi connectivity index (χ0n) is 13.9. The molecule has 3 aromatic rings. The Balaban J connectivity index is 1.69. The first-order valence-corrected chi connectivity index (χ1v) is 7.84. The number of fused-ring (bicyclic) bond motifs is 1. The van der Waals surface area contributed by atoms with Crippen molar-refractivity contribution in [3.63, 3.8) is 0 Å². The Morgan fingerprint density at radius 1 is 1.27 bits per heavy atom. The minimum atomic E-state index is -0.685. The van der Waals surface area contributed by atoms with Gasteiger partial charge in [-0.25, -0.2) is 9.78 Å². The number of nitrogens with zero attached hydrogens (tertiary/aromatic N) is 3. The van der Waals surface area contributed by atoms with Gasteiger partial charge in [-0.1, -0.05) is 18.2 Å². The maximum atomic E-state index is 12.3. The summed E-state index contributed by atoms with van der Waals surface area (Å²) in [5.74, 6) is -0.685. The molecular formula is C18H15N3O5. The predicted molar refractivity (Wildman–Crippen MR) is 94.1 cm³/mol. The number of carbonyl (C=O) groups is 1. The molecule has 132 valence electrons. The maximum absolute atomic E-state index is 12.3. The molecule has 2 aromatic carbocycles. The summed E-state index contributed by atoms with van der Waals surface area (Å²) >= 11 is 0. The summed E-state index contributed by atoms with van der Waals surface area (Å²) in [5, 5.41) is 11.4. The molecule has 0 aliphatic rings. The lowest BCUT2D eigenvalue weighted by molar-refractivity contribution is -0.385. The van der Waals surface area contributed by atoms with Gasteiger partial charge in [0.15, 0.2) is 0 Å². The van der Waals surface area contributed by atoms with E-state index in [2.05, 4.69) is 4.98 Å². The van der Waals surface area contributed by atoms with Gasteiger partial charge in [-0.3, -0.25) is 19.5 Å². The number of esters is 1. The molecule has 0 radical (unpaired) electrons. The third-order valence-electron chi connectivity index (χ3n) is 3.94. The van der Waals surface area contributed by atoms with E-state index >= 15 is 0 Å². The molecule has 0 atom stereocenters. The number of ether oxygens (including phenoxy) is 1. The van der Waals surface area contributed by atoms with Crippen LogP contribution in [0.3, 0.4) is 0 Å². The van der Waals surface area contributed by atoms with Crippen LogP contribution in [-0.4, -0.2) is 27.1 Å².